The number of anilines is 1. The van der Waals surface area contributed by atoms with Crippen molar-refractivity contribution in [2.45, 2.75) is 96.8 Å². The lowest BCUT2D eigenvalue weighted by Crippen LogP contribution is -2.10. The molecule has 3 N–H and O–H groups in total. The first-order valence-corrected chi connectivity index (χ1v) is 10.9. The third kappa shape index (κ3) is 11.9. The van der Waals surface area contributed by atoms with Gasteiger partial charge in [0.25, 0.3) is 0 Å². The number of unbranched alkanes of at least 4 members (excludes halogenated alkanes) is 13. The quantitative estimate of drug-likeness (QED) is 0.304. The molecule has 0 aromatic heterocycles. The molecular weight excluding hydrogens is 320 g/mol. The van der Waals surface area contributed by atoms with Crippen LogP contribution in [0.3, 0.4) is 0 Å². The summed E-state index contributed by atoms with van der Waals surface area (Å²) in [5, 5.41) is 3.40. The lowest BCUT2D eigenvalue weighted by Gasteiger charge is -2.07. The largest absolute Gasteiger partial charge is 0.385 e. The van der Waals surface area contributed by atoms with Crippen molar-refractivity contribution < 1.29 is 4.79 Å². The number of benzene rings is 1. The average Bonchev–Trinajstić information content (AvgIpc) is 2.65. The summed E-state index contributed by atoms with van der Waals surface area (Å²) in [4.78, 5) is 11.0. The molecule has 148 valence electrons. The van der Waals surface area contributed by atoms with E-state index in [1.807, 2.05) is 12.1 Å². The van der Waals surface area contributed by atoms with Crippen LogP contribution < -0.4 is 11.1 Å². The predicted molar refractivity (Wildman–Crippen MR) is 114 cm³/mol. The lowest BCUT2D eigenvalue weighted by molar-refractivity contribution is 0.100. The van der Waals surface area contributed by atoms with E-state index >= 15 is 0 Å². The highest BCUT2D eigenvalue weighted by atomic mass is 16.1. The summed E-state index contributed by atoms with van der Waals surface area (Å²) in [5.41, 5.74) is 6.86. The molecule has 0 unspecified atom stereocenters. The molecule has 0 saturated carbocycles. The van der Waals surface area contributed by atoms with Crippen molar-refractivity contribution in [3.63, 3.8) is 0 Å². The van der Waals surface area contributed by atoms with Gasteiger partial charge in [-0.3, -0.25) is 4.79 Å². The number of nitrogens with one attached hydrogen (secondary N) is 1. The number of hydrogen-bond acceptors (Lipinski definition) is 2. The van der Waals surface area contributed by atoms with E-state index in [1.54, 1.807) is 12.1 Å². The topological polar surface area (TPSA) is 55.1 Å². The van der Waals surface area contributed by atoms with Crippen LogP contribution in [0.25, 0.3) is 0 Å². The summed E-state index contributed by atoms with van der Waals surface area (Å²) in [6.45, 7) is 3.27. The second-order valence-electron chi connectivity index (χ2n) is 7.46. The summed E-state index contributed by atoms with van der Waals surface area (Å²) in [5.74, 6) is -0.372. The summed E-state index contributed by atoms with van der Waals surface area (Å²) in [6, 6.07) is 7.39. The van der Waals surface area contributed by atoms with E-state index in [4.69, 9.17) is 5.73 Å². The van der Waals surface area contributed by atoms with E-state index in [2.05, 4.69) is 12.2 Å². The van der Waals surface area contributed by atoms with E-state index in [-0.39, 0.29) is 5.91 Å². The normalized spacial score (nSPS) is 10.8. The molecule has 0 fully saturated rings. The molecular formula is C23H40N2O. The van der Waals surface area contributed by atoms with Crippen LogP contribution in [-0.4, -0.2) is 12.5 Å². The maximum atomic E-state index is 11.0. The van der Waals surface area contributed by atoms with Gasteiger partial charge in [-0.25, -0.2) is 0 Å². The van der Waals surface area contributed by atoms with Crippen LogP contribution in [0.5, 0.6) is 0 Å². The average molecular weight is 361 g/mol. The van der Waals surface area contributed by atoms with Crippen molar-refractivity contribution in [1.82, 2.24) is 0 Å². The van der Waals surface area contributed by atoms with Gasteiger partial charge in [0, 0.05) is 17.8 Å². The Hall–Kier alpha value is -1.51. The second kappa shape index (κ2) is 15.7. The van der Waals surface area contributed by atoms with Gasteiger partial charge in [0.05, 0.1) is 0 Å². The molecule has 26 heavy (non-hydrogen) atoms. The Morgan fingerprint density at radius 1 is 0.731 bits per heavy atom. The first-order valence-electron chi connectivity index (χ1n) is 10.9. The minimum absolute atomic E-state index is 0.372. The number of nitrogens with two attached hydrogens (primary N) is 1. The van der Waals surface area contributed by atoms with Gasteiger partial charge >= 0.3 is 0 Å². The van der Waals surface area contributed by atoms with Crippen molar-refractivity contribution in [2.75, 3.05) is 11.9 Å². The first kappa shape index (κ1) is 22.5. The summed E-state index contributed by atoms with van der Waals surface area (Å²) < 4.78 is 0. The van der Waals surface area contributed by atoms with Crippen LogP contribution in [0.15, 0.2) is 24.3 Å². The molecule has 1 aromatic rings. The first-order chi connectivity index (χ1) is 12.7. The maximum Gasteiger partial charge on any atom is 0.248 e. The molecule has 0 bridgehead atoms. The maximum absolute atomic E-state index is 11.0. The van der Waals surface area contributed by atoms with Crippen molar-refractivity contribution in [3.8, 4) is 0 Å². The van der Waals surface area contributed by atoms with Gasteiger partial charge in [-0.15, -0.1) is 0 Å². The third-order valence-corrected chi connectivity index (χ3v) is 5.03. The molecule has 1 rings (SSSR count). The molecule has 1 amide bonds. The Labute approximate surface area is 161 Å². The van der Waals surface area contributed by atoms with Crippen LogP contribution in [0.1, 0.15) is 107 Å². The third-order valence-electron chi connectivity index (χ3n) is 5.03. The zero-order valence-corrected chi connectivity index (χ0v) is 16.9. The summed E-state index contributed by atoms with van der Waals surface area (Å²) in [6.07, 6.45) is 19.4. The molecule has 0 aliphatic heterocycles. The monoisotopic (exact) mass is 360 g/mol. The lowest BCUT2D eigenvalue weighted by atomic mass is 10.0. The molecule has 0 radical (unpaired) electrons. The van der Waals surface area contributed by atoms with Gasteiger partial charge in [-0.1, -0.05) is 90.4 Å². The van der Waals surface area contributed by atoms with Gasteiger partial charge in [0.2, 0.25) is 5.91 Å². The highest BCUT2D eigenvalue weighted by molar-refractivity contribution is 5.93. The Kier molecular flexibility index (Phi) is 13.6. The molecule has 0 saturated heterocycles. The Bertz CT molecular complexity index is 456. The van der Waals surface area contributed by atoms with Crippen LogP contribution in [0.4, 0.5) is 5.69 Å². The minimum atomic E-state index is -0.372. The van der Waals surface area contributed by atoms with Gasteiger partial charge in [-0.2, -0.15) is 0 Å². The molecule has 0 spiro atoms. The van der Waals surface area contributed by atoms with Crippen LogP contribution in [-0.2, 0) is 0 Å². The van der Waals surface area contributed by atoms with E-state index in [1.165, 1.54) is 89.9 Å². The molecule has 3 heteroatoms. The van der Waals surface area contributed by atoms with Crippen molar-refractivity contribution in [1.29, 1.82) is 0 Å². The fourth-order valence-electron chi connectivity index (χ4n) is 3.30. The van der Waals surface area contributed by atoms with Crippen molar-refractivity contribution in [3.05, 3.63) is 29.8 Å². The Balaban J connectivity index is 1.83. The molecule has 0 aliphatic carbocycles. The fraction of sp³-hybridized carbons (Fsp3) is 0.696. The smallest absolute Gasteiger partial charge is 0.248 e. The molecule has 3 nitrogen and oxygen atoms in total. The number of hydrogen-bond donors (Lipinski definition) is 2. The summed E-state index contributed by atoms with van der Waals surface area (Å²) in [7, 11) is 0. The highest BCUT2D eigenvalue weighted by Gasteiger charge is 1.99. The van der Waals surface area contributed by atoms with Crippen molar-refractivity contribution >= 4 is 11.6 Å². The Morgan fingerprint density at radius 2 is 1.15 bits per heavy atom. The van der Waals surface area contributed by atoms with E-state index in [0.717, 1.165) is 12.2 Å². The number of amides is 1. The zero-order chi connectivity index (χ0) is 18.9. The van der Waals surface area contributed by atoms with Gasteiger partial charge in [0.1, 0.15) is 0 Å². The number of rotatable bonds is 17. The van der Waals surface area contributed by atoms with Gasteiger partial charge < -0.3 is 11.1 Å². The number of carbonyl (C=O) groups is 1. The second-order valence-corrected chi connectivity index (χ2v) is 7.46. The van der Waals surface area contributed by atoms with Crippen LogP contribution >= 0.6 is 0 Å². The van der Waals surface area contributed by atoms with Crippen LogP contribution in [0.2, 0.25) is 0 Å². The fourth-order valence-corrected chi connectivity index (χ4v) is 3.30. The highest BCUT2D eigenvalue weighted by Crippen LogP contribution is 2.13. The number of primary amides is 1. The van der Waals surface area contributed by atoms with E-state index in [9.17, 15) is 4.79 Å². The van der Waals surface area contributed by atoms with Crippen LogP contribution in [0, 0.1) is 0 Å². The van der Waals surface area contributed by atoms with E-state index < -0.39 is 0 Å². The van der Waals surface area contributed by atoms with Crippen molar-refractivity contribution in [2.24, 2.45) is 5.73 Å². The van der Waals surface area contributed by atoms with E-state index in [0.29, 0.717) is 5.56 Å². The molecule has 0 heterocycles. The number of carbonyl (C=O) groups excluding carboxylic acids is 1. The minimum Gasteiger partial charge on any atom is -0.385 e. The molecule has 1 aromatic carbocycles. The predicted octanol–water partition coefficient (Wildman–Crippen LogP) is 6.68. The standard InChI is InChI=1S/C23H40N2O/c1-2-3-4-5-6-7-8-9-10-11-12-13-14-15-20-25-22-18-16-21(17-19-22)23(24)26/h16-19,25H,2-15,20H2,1H3,(H2,24,26). The zero-order valence-electron chi connectivity index (χ0n) is 16.9. The summed E-state index contributed by atoms with van der Waals surface area (Å²) >= 11 is 0. The molecule has 0 atom stereocenters. The Morgan fingerprint density at radius 3 is 1.58 bits per heavy atom. The molecule has 0 aliphatic rings. The SMILES string of the molecule is CCCCCCCCCCCCCCCCNc1ccc(C(N)=O)cc1. The van der Waals surface area contributed by atoms with Gasteiger partial charge in [-0.05, 0) is 30.7 Å². The van der Waals surface area contributed by atoms with Gasteiger partial charge in [0.15, 0.2) is 0 Å².